The first-order chi connectivity index (χ1) is 12.0. The van der Waals surface area contributed by atoms with Gasteiger partial charge in [-0.1, -0.05) is 0 Å². The highest BCUT2D eigenvalue weighted by molar-refractivity contribution is 5.98. The van der Waals surface area contributed by atoms with Crippen molar-refractivity contribution in [2.45, 2.75) is 6.92 Å². The molecule has 1 saturated heterocycles. The third kappa shape index (κ3) is 3.95. The van der Waals surface area contributed by atoms with Gasteiger partial charge in [0.2, 0.25) is 0 Å². The van der Waals surface area contributed by atoms with Crippen molar-refractivity contribution in [2.75, 3.05) is 31.6 Å². The summed E-state index contributed by atoms with van der Waals surface area (Å²) in [4.78, 5) is 30.1. The standard InChI is InChI=1S/C18H20N4O3/c1-12-2-7-15(16(19)23)17(20-12)21-14-5-3-13(4-6-14)18(24)22-8-10-25-11-9-22/h2-7H,8-11H2,1H3,(H2,19,23)(H,20,21). The second-order valence-electron chi connectivity index (χ2n) is 5.82. The Morgan fingerprint density at radius 2 is 1.80 bits per heavy atom. The predicted molar refractivity (Wildman–Crippen MR) is 93.9 cm³/mol. The summed E-state index contributed by atoms with van der Waals surface area (Å²) in [6.07, 6.45) is 0. The highest BCUT2D eigenvalue weighted by Gasteiger charge is 2.18. The van der Waals surface area contributed by atoms with Gasteiger partial charge in [0.05, 0.1) is 18.8 Å². The zero-order chi connectivity index (χ0) is 17.8. The molecule has 1 aliphatic heterocycles. The number of rotatable bonds is 4. The monoisotopic (exact) mass is 340 g/mol. The van der Waals surface area contributed by atoms with E-state index < -0.39 is 5.91 Å². The van der Waals surface area contributed by atoms with E-state index in [1.54, 1.807) is 41.3 Å². The van der Waals surface area contributed by atoms with E-state index in [0.717, 1.165) is 11.4 Å². The van der Waals surface area contributed by atoms with Crippen molar-refractivity contribution in [3.05, 3.63) is 53.2 Å². The van der Waals surface area contributed by atoms with Crippen molar-refractivity contribution in [1.82, 2.24) is 9.88 Å². The minimum atomic E-state index is -0.547. The number of carbonyl (C=O) groups is 2. The molecule has 25 heavy (non-hydrogen) atoms. The molecule has 130 valence electrons. The van der Waals surface area contributed by atoms with Gasteiger partial charge in [0.25, 0.3) is 11.8 Å². The van der Waals surface area contributed by atoms with Gasteiger partial charge in [-0.15, -0.1) is 0 Å². The van der Waals surface area contributed by atoms with Crippen LogP contribution >= 0.6 is 0 Å². The molecular formula is C18H20N4O3. The number of morpholine rings is 1. The first kappa shape index (κ1) is 16.9. The number of hydrogen-bond donors (Lipinski definition) is 2. The number of carbonyl (C=O) groups excluding carboxylic acids is 2. The van der Waals surface area contributed by atoms with Crippen LogP contribution in [0.15, 0.2) is 36.4 Å². The Morgan fingerprint density at radius 3 is 2.44 bits per heavy atom. The first-order valence-corrected chi connectivity index (χ1v) is 8.06. The van der Waals surface area contributed by atoms with Gasteiger partial charge in [0.15, 0.2) is 0 Å². The molecule has 0 bridgehead atoms. The number of pyridine rings is 1. The third-order valence-electron chi connectivity index (χ3n) is 3.99. The maximum absolute atomic E-state index is 12.4. The number of aryl methyl sites for hydroxylation is 1. The molecule has 1 aromatic heterocycles. The summed E-state index contributed by atoms with van der Waals surface area (Å²) in [5.74, 6) is -0.157. The molecule has 2 aromatic rings. The molecule has 1 aromatic carbocycles. The molecule has 0 atom stereocenters. The molecule has 0 unspecified atom stereocenters. The van der Waals surface area contributed by atoms with Crippen LogP contribution in [0.1, 0.15) is 26.4 Å². The molecule has 2 amide bonds. The Kier molecular flexibility index (Phi) is 4.95. The number of nitrogens with zero attached hydrogens (tertiary/aromatic N) is 2. The topological polar surface area (TPSA) is 97.5 Å². The highest BCUT2D eigenvalue weighted by Crippen LogP contribution is 2.20. The van der Waals surface area contributed by atoms with Crippen LogP contribution in [-0.4, -0.2) is 48.0 Å². The summed E-state index contributed by atoms with van der Waals surface area (Å²) in [7, 11) is 0. The summed E-state index contributed by atoms with van der Waals surface area (Å²) in [6.45, 7) is 4.18. The van der Waals surface area contributed by atoms with Crippen LogP contribution in [0.25, 0.3) is 0 Å². The van der Waals surface area contributed by atoms with E-state index in [0.29, 0.717) is 43.2 Å². The molecular weight excluding hydrogens is 320 g/mol. The lowest BCUT2D eigenvalue weighted by Crippen LogP contribution is -2.40. The Bertz CT molecular complexity index is 783. The second kappa shape index (κ2) is 7.31. The Hall–Kier alpha value is -2.93. The number of primary amides is 1. The van der Waals surface area contributed by atoms with Gasteiger partial charge in [-0.25, -0.2) is 4.98 Å². The smallest absolute Gasteiger partial charge is 0.254 e. The summed E-state index contributed by atoms with van der Waals surface area (Å²) in [5.41, 5.74) is 7.81. The average molecular weight is 340 g/mol. The second-order valence-corrected chi connectivity index (χ2v) is 5.82. The summed E-state index contributed by atoms with van der Waals surface area (Å²) < 4.78 is 5.26. The average Bonchev–Trinajstić information content (AvgIpc) is 2.62. The fourth-order valence-electron chi connectivity index (χ4n) is 2.63. The molecule has 1 aliphatic rings. The minimum Gasteiger partial charge on any atom is -0.378 e. The summed E-state index contributed by atoms with van der Waals surface area (Å²) >= 11 is 0. The van der Waals surface area contributed by atoms with E-state index in [1.807, 2.05) is 6.92 Å². The Balaban J connectivity index is 1.76. The molecule has 3 N–H and O–H groups in total. The van der Waals surface area contributed by atoms with E-state index in [2.05, 4.69) is 10.3 Å². The van der Waals surface area contributed by atoms with Crippen LogP contribution < -0.4 is 11.1 Å². The SMILES string of the molecule is Cc1ccc(C(N)=O)c(Nc2ccc(C(=O)N3CCOCC3)cc2)n1. The zero-order valence-corrected chi connectivity index (χ0v) is 14.0. The Morgan fingerprint density at radius 1 is 1.12 bits per heavy atom. The van der Waals surface area contributed by atoms with Gasteiger partial charge in [-0.3, -0.25) is 9.59 Å². The van der Waals surface area contributed by atoms with Gasteiger partial charge in [0.1, 0.15) is 5.82 Å². The number of hydrogen-bond acceptors (Lipinski definition) is 5. The van der Waals surface area contributed by atoms with Crippen molar-refractivity contribution in [3.8, 4) is 0 Å². The Labute approximate surface area is 145 Å². The van der Waals surface area contributed by atoms with Crippen LogP contribution in [0, 0.1) is 6.92 Å². The fraction of sp³-hybridized carbons (Fsp3) is 0.278. The number of ether oxygens (including phenoxy) is 1. The molecule has 0 saturated carbocycles. The third-order valence-corrected chi connectivity index (χ3v) is 3.99. The lowest BCUT2D eigenvalue weighted by molar-refractivity contribution is 0.0303. The molecule has 1 fully saturated rings. The van der Waals surface area contributed by atoms with Crippen LogP contribution in [0.5, 0.6) is 0 Å². The van der Waals surface area contributed by atoms with E-state index in [4.69, 9.17) is 10.5 Å². The molecule has 0 spiro atoms. The van der Waals surface area contributed by atoms with E-state index in [1.165, 1.54) is 0 Å². The van der Waals surface area contributed by atoms with Gasteiger partial charge in [-0.05, 0) is 43.3 Å². The van der Waals surface area contributed by atoms with E-state index in [9.17, 15) is 9.59 Å². The number of nitrogens with two attached hydrogens (primary N) is 1. The van der Waals surface area contributed by atoms with Crippen molar-refractivity contribution in [1.29, 1.82) is 0 Å². The van der Waals surface area contributed by atoms with Crippen LogP contribution in [0.3, 0.4) is 0 Å². The number of anilines is 2. The first-order valence-electron chi connectivity index (χ1n) is 8.06. The maximum atomic E-state index is 12.4. The normalized spacial score (nSPS) is 14.2. The molecule has 3 rings (SSSR count). The van der Waals surface area contributed by atoms with Crippen LogP contribution in [0.2, 0.25) is 0 Å². The number of aromatic nitrogens is 1. The van der Waals surface area contributed by atoms with Crippen molar-refractivity contribution in [3.63, 3.8) is 0 Å². The lowest BCUT2D eigenvalue weighted by atomic mass is 10.1. The van der Waals surface area contributed by atoms with Gasteiger partial charge >= 0.3 is 0 Å². The largest absolute Gasteiger partial charge is 0.378 e. The number of benzene rings is 1. The summed E-state index contributed by atoms with van der Waals surface area (Å²) in [6, 6.07) is 10.4. The zero-order valence-electron chi connectivity index (χ0n) is 14.0. The molecule has 0 radical (unpaired) electrons. The van der Waals surface area contributed by atoms with Gasteiger partial charge < -0.3 is 20.7 Å². The van der Waals surface area contributed by atoms with Crippen molar-refractivity contribution < 1.29 is 14.3 Å². The molecule has 0 aliphatic carbocycles. The van der Waals surface area contributed by atoms with Crippen LogP contribution in [0.4, 0.5) is 11.5 Å². The van der Waals surface area contributed by atoms with Gasteiger partial charge in [0, 0.05) is 30.0 Å². The quantitative estimate of drug-likeness (QED) is 0.883. The van der Waals surface area contributed by atoms with Crippen molar-refractivity contribution >= 4 is 23.3 Å². The fourth-order valence-corrected chi connectivity index (χ4v) is 2.63. The van der Waals surface area contributed by atoms with E-state index >= 15 is 0 Å². The molecule has 7 nitrogen and oxygen atoms in total. The van der Waals surface area contributed by atoms with Crippen LogP contribution in [-0.2, 0) is 4.74 Å². The lowest BCUT2D eigenvalue weighted by Gasteiger charge is -2.26. The van der Waals surface area contributed by atoms with E-state index in [-0.39, 0.29) is 5.91 Å². The minimum absolute atomic E-state index is 0.0126. The molecule has 7 heteroatoms. The number of amides is 2. The van der Waals surface area contributed by atoms with Crippen molar-refractivity contribution in [2.24, 2.45) is 5.73 Å². The highest BCUT2D eigenvalue weighted by atomic mass is 16.5. The molecule has 2 heterocycles. The van der Waals surface area contributed by atoms with Gasteiger partial charge in [-0.2, -0.15) is 0 Å². The number of nitrogens with one attached hydrogen (secondary N) is 1. The maximum Gasteiger partial charge on any atom is 0.254 e. The predicted octanol–water partition coefficient (Wildman–Crippen LogP) is 1.70. The summed E-state index contributed by atoms with van der Waals surface area (Å²) in [5, 5.41) is 3.08.